The second kappa shape index (κ2) is 22.7. The number of hydrogen-bond donors (Lipinski definition) is 14. The van der Waals surface area contributed by atoms with Gasteiger partial charge in [-0.3, -0.25) is 19.2 Å². The van der Waals surface area contributed by atoms with Gasteiger partial charge in [-0.2, -0.15) is 0 Å². The van der Waals surface area contributed by atoms with Gasteiger partial charge < -0.3 is 81.9 Å². The summed E-state index contributed by atoms with van der Waals surface area (Å²) < 4.78 is 10.5. The molecule has 2 aromatic rings. The van der Waals surface area contributed by atoms with Gasteiger partial charge in [0.15, 0.2) is 6.29 Å². The molecule has 0 bridgehead atoms. The zero-order valence-electron chi connectivity index (χ0n) is 34.0. The van der Waals surface area contributed by atoms with Crippen molar-refractivity contribution in [1.82, 2.24) is 36.6 Å². The fourth-order valence-electron chi connectivity index (χ4n) is 8.36. The van der Waals surface area contributed by atoms with E-state index in [0.717, 1.165) is 12.8 Å². The number of nitrogens with one attached hydrogen (secondary N) is 6. The Hall–Kier alpha value is -4.29. The summed E-state index contributed by atoms with van der Waals surface area (Å²) >= 11 is 0. The van der Waals surface area contributed by atoms with Gasteiger partial charge in [0.2, 0.25) is 23.6 Å². The molecule has 0 spiro atoms. The van der Waals surface area contributed by atoms with Gasteiger partial charge in [0.25, 0.3) is 0 Å². The predicted octanol–water partition coefficient (Wildman–Crippen LogP) is -4.40. The Kier molecular flexibility index (Phi) is 17.8. The van der Waals surface area contributed by atoms with Crippen molar-refractivity contribution in [2.75, 3.05) is 26.9 Å². The summed E-state index contributed by atoms with van der Waals surface area (Å²) in [4.78, 5) is 63.6. The number of hydrogen-bond acceptors (Lipinski definition) is 16. The van der Waals surface area contributed by atoms with E-state index in [1.807, 2.05) is 0 Å². The Balaban J connectivity index is 1.47. The lowest BCUT2D eigenvalue weighted by Gasteiger charge is -2.43. The van der Waals surface area contributed by atoms with Gasteiger partial charge in [-0.15, -0.1) is 0 Å². The number of nitrogens with zero attached hydrogens (tertiary/aromatic N) is 1. The molecule has 1 saturated carbocycles. The highest BCUT2D eigenvalue weighted by Gasteiger charge is 2.49. The summed E-state index contributed by atoms with van der Waals surface area (Å²) in [5.41, 5.74) is 1.05. The smallest absolute Gasteiger partial charge is 0.243 e. The fourth-order valence-corrected chi connectivity index (χ4v) is 8.36. The SMILES string of the molecule is COc1ccc(C[C@H](NC(=O)[C@@H]2CCCN2)C(=O)N[C@@H](Cc2cnc[nH]2)C(=O)N[C@@H](C(C(=O)N[C@@H]2C(O)O[C@H](CO)[C@@H](O)[C@@H]2O)C2CCCCC2)[C@@H](O)[C@@H](O)[C@H](O)CO)cc1. The van der Waals surface area contributed by atoms with Gasteiger partial charge in [0.1, 0.15) is 60.5 Å². The molecule has 4 amide bonds. The summed E-state index contributed by atoms with van der Waals surface area (Å²) in [5, 5.41) is 98.4. The van der Waals surface area contributed by atoms with Crippen LogP contribution in [0.5, 0.6) is 5.75 Å². The van der Waals surface area contributed by atoms with E-state index < -0.39 is 122 Å². The summed E-state index contributed by atoms with van der Waals surface area (Å²) in [6.45, 7) is -1.13. The van der Waals surface area contributed by atoms with Crippen LogP contribution in [0.15, 0.2) is 36.8 Å². The largest absolute Gasteiger partial charge is 0.497 e. The molecule has 2 aliphatic heterocycles. The monoisotopic (exact) mass is 863 g/mol. The van der Waals surface area contributed by atoms with Crippen LogP contribution < -0.4 is 31.3 Å². The molecule has 1 aromatic heterocycles. The number of H-pyrrole nitrogens is 1. The Morgan fingerprint density at radius 3 is 2.15 bits per heavy atom. The predicted molar refractivity (Wildman–Crippen MR) is 213 cm³/mol. The topological polar surface area (TPSA) is 337 Å². The van der Waals surface area contributed by atoms with Crippen molar-refractivity contribution < 1.29 is 69.5 Å². The number of carbonyl (C=O) groups is 4. The Bertz CT molecular complexity index is 1690. The first-order valence-corrected chi connectivity index (χ1v) is 20.8. The van der Waals surface area contributed by atoms with Gasteiger partial charge in [-0.05, 0) is 55.8 Å². The van der Waals surface area contributed by atoms with Crippen molar-refractivity contribution in [2.24, 2.45) is 11.8 Å². The van der Waals surface area contributed by atoms with E-state index in [0.29, 0.717) is 55.7 Å². The van der Waals surface area contributed by atoms with E-state index in [-0.39, 0.29) is 12.8 Å². The highest BCUT2D eigenvalue weighted by atomic mass is 16.6. The molecule has 340 valence electrons. The third kappa shape index (κ3) is 12.4. The molecule has 2 unspecified atom stereocenters. The standard InChI is InChI=1S/C40H61N7O14/c1-60-23-11-9-20(10-12-23)14-25(44-36(55)24-8-5-13-42-24)37(56)45-26(15-22-16-41-19-43-22)38(57)46-30(34(53)32(51)27(50)17-48)29(21-6-3-2-4-7-21)39(58)47-31-35(54)33(52)28(18-49)61-40(31)59/h9-12,16,19,21,24-35,40,42,48-54,59H,2-8,13-15,17-18H2,1H3,(H,41,43)(H,44,55)(H,45,56)(H,46,57)(H,47,58)/t24-,25-,26-,27+,28+,29?,30-,31-,32-,33+,34+,35+,40?/m0/s1. The number of amides is 4. The van der Waals surface area contributed by atoms with Crippen molar-refractivity contribution in [3.8, 4) is 5.75 Å². The lowest BCUT2D eigenvalue weighted by Crippen LogP contribution is -2.67. The minimum absolute atomic E-state index is 0.0134. The molecule has 2 saturated heterocycles. The van der Waals surface area contributed by atoms with Gasteiger partial charge in [-0.25, -0.2) is 4.98 Å². The van der Waals surface area contributed by atoms with Gasteiger partial charge in [0.05, 0.1) is 44.7 Å². The van der Waals surface area contributed by atoms with E-state index in [4.69, 9.17) is 9.47 Å². The quantitative estimate of drug-likeness (QED) is 0.0598. The first-order chi connectivity index (χ1) is 29.3. The average Bonchev–Trinajstić information content (AvgIpc) is 4.01. The number of aromatic nitrogens is 2. The second-order valence-electron chi connectivity index (χ2n) is 16.1. The normalized spacial score (nSPS) is 26.8. The van der Waals surface area contributed by atoms with Gasteiger partial charge in [-0.1, -0.05) is 31.4 Å². The summed E-state index contributed by atoms with van der Waals surface area (Å²) in [7, 11) is 1.51. The van der Waals surface area contributed by atoms with E-state index in [1.54, 1.807) is 24.3 Å². The van der Waals surface area contributed by atoms with Crippen LogP contribution in [0.4, 0.5) is 0 Å². The average molecular weight is 864 g/mol. The highest BCUT2D eigenvalue weighted by molar-refractivity contribution is 5.94. The maximum Gasteiger partial charge on any atom is 0.243 e. The molecular weight excluding hydrogens is 802 g/mol. The summed E-state index contributed by atoms with van der Waals surface area (Å²) in [6.07, 6.45) is -6.25. The Labute approximate surface area is 352 Å². The molecule has 21 heteroatoms. The van der Waals surface area contributed by atoms with Crippen molar-refractivity contribution in [1.29, 1.82) is 0 Å². The van der Waals surface area contributed by atoms with Crippen LogP contribution in [-0.4, -0.2) is 174 Å². The maximum absolute atomic E-state index is 14.6. The molecule has 1 aromatic carbocycles. The molecule has 14 N–H and O–H groups in total. The van der Waals surface area contributed by atoms with Crippen LogP contribution in [0.2, 0.25) is 0 Å². The number of benzene rings is 1. The number of aromatic amines is 1. The second-order valence-corrected chi connectivity index (χ2v) is 16.1. The van der Waals surface area contributed by atoms with E-state index >= 15 is 0 Å². The van der Waals surface area contributed by atoms with Crippen LogP contribution in [-0.2, 0) is 36.8 Å². The number of carbonyl (C=O) groups excluding carboxylic acids is 4. The molecule has 5 rings (SSSR count). The molecule has 61 heavy (non-hydrogen) atoms. The molecule has 1 aliphatic carbocycles. The first kappa shape index (κ1) is 47.8. The van der Waals surface area contributed by atoms with Gasteiger partial charge >= 0.3 is 0 Å². The molecule has 3 heterocycles. The number of aliphatic hydroxyl groups excluding tert-OH is 8. The number of imidazole rings is 1. The van der Waals surface area contributed by atoms with E-state index in [2.05, 4.69) is 36.6 Å². The lowest BCUT2D eigenvalue weighted by molar-refractivity contribution is -0.254. The minimum atomic E-state index is -2.13. The van der Waals surface area contributed by atoms with Crippen LogP contribution in [0.3, 0.4) is 0 Å². The van der Waals surface area contributed by atoms with Crippen LogP contribution in [0.1, 0.15) is 56.2 Å². The van der Waals surface area contributed by atoms with Crippen molar-refractivity contribution >= 4 is 23.6 Å². The van der Waals surface area contributed by atoms with Crippen LogP contribution >= 0.6 is 0 Å². The van der Waals surface area contributed by atoms with Gasteiger partial charge in [0, 0.05) is 24.7 Å². The molecule has 3 aliphatic rings. The number of methoxy groups -OCH3 is 1. The maximum atomic E-state index is 14.6. The third-order valence-corrected chi connectivity index (χ3v) is 11.9. The van der Waals surface area contributed by atoms with E-state index in [1.165, 1.54) is 19.6 Å². The Morgan fingerprint density at radius 1 is 0.852 bits per heavy atom. The van der Waals surface area contributed by atoms with Crippen molar-refractivity contribution in [3.63, 3.8) is 0 Å². The Morgan fingerprint density at radius 2 is 1.54 bits per heavy atom. The van der Waals surface area contributed by atoms with Crippen molar-refractivity contribution in [3.05, 3.63) is 48.0 Å². The molecular formula is C40H61N7O14. The fraction of sp³-hybridized carbons (Fsp3) is 0.675. The van der Waals surface area contributed by atoms with Crippen molar-refractivity contribution in [2.45, 2.75) is 131 Å². The molecule has 13 atom stereocenters. The molecule has 21 nitrogen and oxygen atoms in total. The molecule has 0 radical (unpaired) electrons. The van der Waals surface area contributed by atoms with E-state index in [9.17, 15) is 60.0 Å². The number of rotatable bonds is 20. The van der Waals surface area contributed by atoms with Crippen LogP contribution in [0, 0.1) is 11.8 Å². The lowest BCUT2D eigenvalue weighted by atomic mass is 9.73. The summed E-state index contributed by atoms with van der Waals surface area (Å²) in [6, 6.07) is 0.246. The zero-order chi connectivity index (χ0) is 44.2. The van der Waals surface area contributed by atoms with Crippen LogP contribution in [0.25, 0.3) is 0 Å². The third-order valence-electron chi connectivity index (χ3n) is 11.9. The number of aliphatic hydroxyl groups is 8. The molecule has 3 fully saturated rings. The summed E-state index contributed by atoms with van der Waals surface area (Å²) in [5.74, 6) is -4.55. The first-order valence-electron chi connectivity index (χ1n) is 20.8. The zero-order valence-corrected chi connectivity index (χ0v) is 34.0. The number of ether oxygens (including phenoxy) is 2. The highest BCUT2D eigenvalue weighted by Crippen LogP contribution is 2.34. The minimum Gasteiger partial charge on any atom is -0.497 e.